The molecule has 4 rings (SSSR count). The number of hydrogen-bond acceptors (Lipinski definition) is 8. The van der Waals surface area contributed by atoms with Crippen LogP contribution in [0.25, 0.3) is 0 Å². The van der Waals surface area contributed by atoms with E-state index in [0.29, 0.717) is 12.2 Å². The molecule has 0 aliphatic heterocycles. The molecule has 8 nitrogen and oxygen atoms in total. The topological polar surface area (TPSA) is 112 Å². The summed E-state index contributed by atoms with van der Waals surface area (Å²) < 4.78 is 19.6. The number of benzene rings is 2. The molecule has 0 saturated carbocycles. The molecule has 0 heterocycles. The zero-order valence-corrected chi connectivity index (χ0v) is 22.6. The highest BCUT2D eigenvalue weighted by Gasteiger charge is 2.11. The van der Waals surface area contributed by atoms with Gasteiger partial charge in [-0.2, -0.15) is 0 Å². The van der Waals surface area contributed by atoms with E-state index in [2.05, 4.69) is 0 Å². The smallest absolute Gasteiger partial charge is 0.162 e. The number of ketones is 2. The van der Waals surface area contributed by atoms with Crippen LogP contribution in [-0.4, -0.2) is 50.2 Å². The molecule has 2 aromatic rings. The van der Waals surface area contributed by atoms with Crippen molar-refractivity contribution in [2.24, 2.45) is 5.92 Å². The molecule has 1 unspecified atom stereocenters. The highest BCUT2D eigenvalue weighted by molar-refractivity contribution is 5.94. The quantitative estimate of drug-likeness (QED) is 0.543. The molecule has 0 amide bonds. The van der Waals surface area contributed by atoms with Gasteiger partial charge in [0.1, 0.15) is 34.5 Å². The Kier molecular flexibility index (Phi) is 14.2. The van der Waals surface area contributed by atoms with Crippen molar-refractivity contribution in [2.75, 3.05) is 28.4 Å². The first-order chi connectivity index (χ1) is 18.1. The van der Waals surface area contributed by atoms with Gasteiger partial charge in [0.15, 0.2) is 11.6 Å². The van der Waals surface area contributed by atoms with Gasteiger partial charge in [-0.05, 0) is 91.4 Å². The maximum absolute atomic E-state index is 10.9. The van der Waals surface area contributed by atoms with Crippen LogP contribution in [0, 0.1) is 12.8 Å². The lowest BCUT2D eigenvalue weighted by Gasteiger charge is -2.09. The Bertz CT molecular complexity index is 1160. The highest BCUT2D eigenvalue weighted by atomic mass is 16.5. The second kappa shape index (κ2) is 17.1. The number of aryl methyl sites for hydroxylation is 1. The van der Waals surface area contributed by atoms with Gasteiger partial charge >= 0.3 is 0 Å². The standard InChI is InChI=1S/2C8H10O2.2C7H8O2/c2*1-6-5-7(10-2)3-4-8(6)9;2*1-9-7-4-2-6(8)3-5-7/h3-5,9H,1-2H3;3-6H,1-2H3;2,4-5H,3H2,1H3;2-5,8H,1H3. The van der Waals surface area contributed by atoms with Crippen molar-refractivity contribution in [1.82, 2.24) is 0 Å². The van der Waals surface area contributed by atoms with Crippen LogP contribution >= 0.6 is 0 Å². The van der Waals surface area contributed by atoms with E-state index in [4.69, 9.17) is 29.2 Å². The van der Waals surface area contributed by atoms with E-state index < -0.39 is 0 Å². The second-order valence-corrected chi connectivity index (χ2v) is 7.96. The number of rotatable bonds is 4. The van der Waals surface area contributed by atoms with Crippen LogP contribution in [0.4, 0.5) is 0 Å². The monoisotopic (exact) mass is 524 g/mol. The molecular formula is C30H36O8. The Morgan fingerprint density at radius 3 is 1.79 bits per heavy atom. The molecule has 0 spiro atoms. The van der Waals surface area contributed by atoms with Gasteiger partial charge in [0.2, 0.25) is 0 Å². The Morgan fingerprint density at radius 1 is 0.737 bits per heavy atom. The van der Waals surface area contributed by atoms with Crippen molar-refractivity contribution in [3.8, 4) is 23.0 Å². The number of methoxy groups -OCH3 is 4. The van der Waals surface area contributed by atoms with Gasteiger partial charge in [0, 0.05) is 12.3 Å². The van der Waals surface area contributed by atoms with E-state index in [9.17, 15) is 9.59 Å². The molecule has 2 aliphatic rings. The summed E-state index contributed by atoms with van der Waals surface area (Å²) >= 11 is 0. The Balaban J connectivity index is 0.000000254. The van der Waals surface area contributed by atoms with Crippen LogP contribution in [0.5, 0.6) is 23.0 Å². The average molecular weight is 525 g/mol. The van der Waals surface area contributed by atoms with Crippen molar-refractivity contribution in [2.45, 2.75) is 20.3 Å². The van der Waals surface area contributed by atoms with Crippen LogP contribution in [0.1, 0.15) is 18.9 Å². The molecule has 2 N–H and O–H groups in total. The second-order valence-electron chi connectivity index (χ2n) is 7.96. The zero-order chi connectivity index (χ0) is 28.5. The molecule has 2 aromatic carbocycles. The molecule has 0 radical (unpaired) electrons. The minimum Gasteiger partial charge on any atom is -0.508 e. The minimum absolute atomic E-state index is 0.0278. The van der Waals surface area contributed by atoms with Gasteiger partial charge in [0.05, 0.1) is 28.4 Å². The summed E-state index contributed by atoms with van der Waals surface area (Å²) in [7, 11) is 6.38. The van der Waals surface area contributed by atoms with Crippen LogP contribution in [0.3, 0.4) is 0 Å². The zero-order valence-electron chi connectivity index (χ0n) is 22.6. The summed E-state index contributed by atoms with van der Waals surface area (Å²) in [6.07, 6.45) is 10.5. The molecule has 1 atom stereocenters. The van der Waals surface area contributed by atoms with Gasteiger partial charge in [-0.1, -0.05) is 6.92 Å². The van der Waals surface area contributed by atoms with E-state index in [1.165, 1.54) is 6.08 Å². The fourth-order valence-electron chi connectivity index (χ4n) is 2.84. The summed E-state index contributed by atoms with van der Waals surface area (Å²) in [5.74, 6) is 3.89. The summed E-state index contributed by atoms with van der Waals surface area (Å²) in [6, 6.07) is 11.7. The van der Waals surface area contributed by atoms with E-state index in [1.54, 1.807) is 95.2 Å². The van der Waals surface area contributed by atoms with Crippen molar-refractivity contribution in [3.63, 3.8) is 0 Å². The number of carbonyl (C=O) groups excluding carboxylic acids is 2. The summed E-state index contributed by atoms with van der Waals surface area (Å²) in [5, 5.41) is 17.9. The molecule has 38 heavy (non-hydrogen) atoms. The Morgan fingerprint density at radius 2 is 1.32 bits per heavy atom. The maximum atomic E-state index is 10.9. The van der Waals surface area contributed by atoms with Gasteiger partial charge in [0.25, 0.3) is 0 Å². The largest absolute Gasteiger partial charge is 0.508 e. The molecular weight excluding hydrogens is 488 g/mol. The van der Waals surface area contributed by atoms with Gasteiger partial charge in [-0.15, -0.1) is 0 Å². The maximum Gasteiger partial charge on any atom is 0.162 e. The first kappa shape index (κ1) is 31.6. The van der Waals surface area contributed by atoms with Gasteiger partial charge in [-0.25, -0.2) is 0 Å². The summed E-state index contributed by atoms with van der Waals surface area (Å²) in [5.41, 5.74) is 0.833. The lowest BCUT2D eigenvalue weighted by atomic mass is 10.0. The highest BCUT2D eigenvalue weighted by Crippen LogP contribution is 2.21. The molecule has 0 bridgehead atoms. The summed E-state index contributed by atoms with van der Waals surface area (Å²) in [4.78, 5) is 21.4. The molecule has 0 saturated heterocycles. The predicted molar refractivity (Wildman–Crippen MR) is 146 cm³/mol. The number of allylic oxidation sites excluding steroid dienone is 6. The minimum atomic E-state index is -0.0278. The number of ether oxygens (including phenoxy) is 4. The van der Waals surface area contributed by atoms with E-state index in [0.717, 1.165) is 28.6 Å². The van der Waals surface area contributed by atoms with Crippen molar-refractivity contribution < 1.29 is 38.7 Å². The Hall–Kier alpha value is -4.46. The first-order valence-corrected chi connectivity index (χ1v) is 11.7. The predicted octanol–water partition coefficient (Wildman–Crippen LogP) is 5.45. The van der Waals surface area contributed by atoms with Crippen LogP contribution in [0.15, 0.2) is 90.4 Å². The van der Waals surface area contributed by atoms with Crippen LogP contribution < -0.4 is 9.47 Å². The molecule has 0 fully saturated rings. The SMILES string of the molecule is COC1=CC(C)C(=O)C=C1.COC1=CCC(=O)C=C1.COc1ccc(O)c(C)c1.COc1ccc(O)cc1. The number of phenols is 2. The number of hydrogen-bond donors (Lipinski definition) is 2. The van der Waals surface area contributed by atoms with E-state index in [1.807, 2.05) is 19.9 Å². The molecule has 8 heteroatoms. The van der Waals surface area contributed by atoms with E-state index in [-0.39, 0.29) is 23.2 Å². The third kappa shape index (κ3) is 12.0. The third-order valence-electron chi connectivity index (χ3n) is 5.16. The average Bonchev–Trinajstić information content (AvgIpc) is 2.94. The molecule has 204 valence electrons. The molecule has 0 aromatic heterocycles. The fourth-order valence-corrected chi connectivity index (χ4v) is 2.84. The van der Waals surface area contributed by atoms with Crippen molar-refractivity contribution in [3.05, 3.63) is 96.0 Å². The normalized spacial score (nSPS) is 15.2. The third-order valence-corrected chi connectivity index (χ3v) is 5.16. The van der Waals surface area contributed by atoms with Gasteiger partial charge in [-0.3, -0.25) is 9.59 Å². The molecule has 2 aliphatic carbocycles. The number of aromatic hydroxyl groups is 2. The first-order valence-electron chi connectivity index (χ1n) is 11.7. The number of carbonyl (C=O) groups is 2. The van der Waals surface area contributed by atoms with Gasteiger partial charge < -0.3 is 29.2 Å². The number of phenolic OH excluding ortho intramolecular Hbond substituents is 2. The lowest BCUT2D eigenvalue weighted by molar-refractivity contribution is -0.116. The van der Waals surface area contributed by atoms with Crippen molar-refractivity contribution >= 4 is 11.6 Å². The van der Waals surface area contributed by atoms with Crippen LogP contribution in [-0.2, 0) is 19.1 Å². The Labute approximate surface area is 224 Å². The summed E-state index contributed by atoms with van der Waals surface area (Å²) in [6.45, 7) is 3.68. The lowest BCUT2D eigenvalue weighted by Crippen LogP contribution is -2.09. The fraction of sp³-hybridized carbons (Fsp3) is 0.267. The van der Waals surface area contributed by atoms with Crippen molar-refractivity contribution in [1.29, 1.82) is 0 Å². The van der Waals surface area contributed by atoms with E-state index >= 15 is 0 Å². The van der Waals surface area contributed by atoms with Crippen LogP contribution in [0.2, 0.25) is 0 Å².